The second-order valence-corrected chi connectivity index (χ2v) is 9.18. The monoisotopic (exact) mass is 385 g/mol. The lowest BCUT2D eigenvalue weighted by molar-refractivity contribution is -0.324. The van der Waals surface area contributed by atoms with Gasteiger partial charge in [-0.3, -0.25) is 4.79 Å². The third-order valence-electron chi connectivity index (χ3n) is 4.64. The number of ether oxygens (including phenoxy) is 2. The number of carbonyl (C=O) groups is 1. The predicted octanol–water partition coefficient (Wildman–Crippen LogP) is -0.437. The van der Waals surface area contributed by atoms with Crippen LogP contribution in [0.15, 0.2) is 0 Å². The zero-order valence-corrected chi connectivity index (χ0v) is 12.5. The van der Waals surface area contributed by atoms with Gasteiger partial charge in [0.1, 0.15) is 20.9 Å². The largest absolute Gasteiger partial charge is 0.459 e. The first-order chi connectivity index (χ1) is 8.38. The fraction of sp³-hybridized carbons (Fsp3) is 0.900. The van der Waals surface area contributed by atoms with E-state index < -0.39 is 20.9 Å². The number of hydrogen-bond acceptors (Lipinski definition) is 5. The first-order valence-electron chi connectivity index (χ1n) is 5.91. The maximum atomic E-state index is 11.9. The van der Waals surface area contributed by atoms with Crippen molar-refractivity contribution in [3.63, 3.8) is 0 Å². The van der Waals surface area contributed by atoms with E-state index in [0.29, 0.717) is 6.42 Å². The summed E-state index contributed by atoms with van der Waals surface area (Å²) in [5.74, 6) is -0.222. The fourth-order valence-corrected chi connectivity index (χ4v) is 6.23. The minimum Gasteiger partial charge on any atom is -0.459 e. The predicted molar refractivity (Wildman–Crippen MR) is 68.7 cm³/mol. The lowest BCUT2D eigenvalue weighted by Crippen LogP contribution is -2.81. The molecular weight excluding hydrogens is 373 g/mol. The molecule has 1 N–H and O–H groups in total. The molecule has 100 valence electrons. The normalized spacial score (nSPS) is 55.1. The lowest BCUT2D eigenvalue weighted by atomic mass is 9.60. The van der Waals surface area contributed by atoms with Crippen molar-refractivity contribution in [1.29, 1.82) is 0 Å². The molecule has 0 aromatic carbocycles. The molecule has 2 bridgehead atoms. The maximum absolute atomic E-state index is 11.9. The van der Waals surface area contributed by atoms with Gasteiger partial charge in [-0.05, 0) is 13.3 Å². The Morgan fingerprint density at radius 1 is 1.61 bits per heavy atom. The van der Waals surface area contributed by atoms with Crippen molar-refractivity contribution in [1.82, 2.24) is 4.72 Å². The Kier molecular flexibility index (Phi) is 2.11. The van der Waals surface area contributed by atoms with Gasteiger partial charge in [-0.15, -0.1) is 0 Å². The number of carbonyl (C=O) groups excluding carboxylic acids is 1. The van der Waals surface area contributed by atoms with Crippen LogP contribution in [-0.4, -0.2) is 47.4 Å². The topological polar surface area (TPSA) is 81.7 Å². The third kappa shape index (κ3) is 1.08. The van der Waals surface area contributed by atoms with E-state index in [4.69, 9.17) is 9.47 Å². The van der Waals surface area contributed by atoms with Crippen LogP contribution in [0, 0.1) is 5.92 Å². The van der Waals surface area contributed by atoms with Crippen molar-refractivity contribution < 1.29 is 22.7 Å². The van der Waals surface area contributed by atoms with Crippen molar-refractivity contribution in [3.05, 3.63) is 0 Å². The molecule has 0 radical (unpaired) electrons. The Hall–Kier alpha value is 0.0700. The van der Waals surface area contributed by atoms with Gasteiger partial charge in [0, 0.05) is 0 Å². The van der Waals surface area contributed by atoms with Crippen molar-refractivity contribution in [3.8, 4) is 0 Å². The van der Waals surface area contributed by atoms with Crippen LogP contribution in [0.2, 0.25) is 0 Å². The molecule has 7 atom stereocenters. The first-order valence-corrected chi connectivity index (χ1v) is 8.70. The Morgan fingerprint density at radius 2 is 2.33 bits per heavy atom. The number of esters is 1. The summed E-state index contributed by atoms with van der Waals surface area (Å²) in [5.41, 5.74) is -0.594. The van der Waals surface area contributed by atoms with Gasteiger partial charge in [0.15, 0.2) is 0 Å². The fourth-order valence-electron chi connectivity index (χ4n) is 3.96. The van der Waals surface area contributed by atoms with Gasteiger partial charge < -0.3 is 9.47 Å². The highest BCUT2D eigenvalue weighted by atomic mass is 127. The van der Waals surface area contributed by atoms with Crippen LogP contribution in [-0.2, 0) is 24.3 Å². The van der Waals surface area contributed by atoms with Gasteiger partial charge >= 0.3 is 5.97 Å². The molecule has 0 amide bonds. The highest BCUT2D eigenvalue weighted by Gasteiger charge is 2.88. The van der Waals surface area contributed by atoms with Gasteiger partial charge in [0.25, 0.3) is 0 Å². The quantitative estimate of drug-likeness (QED) is 0.396. The molecule has 0 aromatic rings. The Labute approximate surface area is 118 Å². The molecule has 3 heterocycles. The van der Waals surface area contributed by atoms with E-state index in [1.54, 1.807) is 6.92 Å². The highest BCUT2D eigenvalue weighted by molar-refractivity contribution is 14.1. The van der Waals surface area contributed by atoms with Crippen LogP contribution in [0.3, 0.4) is 0 Å². The molecule has 8 heteroatoms. The smallest absolute Gasteiger partial charge is 0.318 e. The molecule has 18 heavy (non-hydrogen) atoms. The van der Waals surface area contributed by atoms with E-state index in [1.807, 2.05) is 22.6 Å². The van der Waals surface area contributed by atoms with E-state index in [9.17, 15) is 13.2 Å². The zero-order chi connectivity index (χ0) is 12.9. The standard InChI is InChI=1S/C10H12INO5S/c1-3(11)9(13)16-7-6-4-2-5-10(6,17-4)8(7)12-18(5,14)15/h3-8,12H,2H2,1H3. The molecular formula is C10H12INO5S. The van der Waals surface area contributed by atoms with E-state index in [-0.39, 0.29) is 34.1 Å². The molecule has 2 saturated carbocycles. The number of alkyl halides is 1. The van der Waals surface area contributed by atoms with Crippen LogP contribution in [0.1, 0.15) is 13.3 Å². The van der Waals surface area contributed by atoms with E-state index >= 15 is 0 Å². The Morgan fingerprint density at radius 3 is 3.00 bits per heavy atom. The molecule has 6 nitrogen and oxygen atoms in total. The Balaban J connectivity index is 1.63. The van der Waals surface area contributed by atoms with Gasteiger partial charge in [-0.1, -0.05) is 22.6 Å². The molecule has 0 aromatic heterocycles. The van der Waals surface area contributed by atoms with Crippen LogP contribution in [0.5, 0.6) is 0 Å². The van der Waals surface area contributed by atoms with E-state index in [2.05, 4.69) is 4.72 Å². The van der Waals surface area contributed by atoms with Crippen molar-refractivity contribution in [2.45, 2.75) is 46.4 Å². The molecule has 5 rings (SSSR count). The molecule has 7 unspecified atom stereocenters. The number of nitrogens with one attached hydrogen (secondary N) is 1. The summed E-state index contributed by atoms with van der Waals surface area (Å²) < 4.78 is 37.4. The summed E-state index contributed by atoms with van der Waals surface area (Å²) in [7, 11) is -3.31. The number of halogens is 1. The van der Waals surface area contributed by atoms with Crippen molar-refractivity contribution in [2.24, 2.45) is 5.92 Å². The molecule has 3 saturated heterocycles. The molecule has 3 aliphatic heterocycles. The molecule has 2 aliphatic carbocycles. The third-order valence-corrected chi connectivity index (χ3v) is 7.04. The summed E-state index contributed by atoms with van der Waals surface area (Å²) in [4.78, 5) is 11.6. The van der Waals surface area contributed by atoms with Gasteiger partial charge in [0.05, 0.1) is 18.1 Å². The molecule has 5 aliphatic rings. The summed E-state index contributed by atoms with van der Waals surface area (Å²) in [6.07, 6.45) is 0.130. The van der Waals surface area contributed by atoms with Crippen molar-refractivity contribution in [2.75, 3.05) is 0 Å². The SMILES string of the molecule is CC(I)C(=O)OC1C2NS(=O)(=O)C3CC4OC23C41. The summed E-state index contributed by atoms with van der Waals surface area (Å²) in [6, 6.07) is -0.379. The summed E-state index contributed by atoms with van der Waals surface area (Å²) in [5, 5.41) is -0.447. The van der Waals surface area contributed by atoms with Crippen LogP contribution in [0.25, 0.3) is 0 Å². The average Bonchev–Trinajstić information content (AvgIpc) is 2.83. The Bertz CT molecular complexity index is 548. The van der Waals surface area contributed by atoms with E-state index in [1.165, 1.54) is 0 Å². The minimum absolute atomic E-state index is 0.0505. The minimum atomic E-state index is -3.31. The van der Waals surface area contributed by atoms with Crippen LogP contribution in [0.4, 0.5) is 0 Å². The number of sulfonamides is 1. The summed E-state index contributed by atoms with van der Waals surface area (Å²) in [6.45, 7) is 1.75. The highest BCUT2D eigenvalue weighted by Crippen LogP contribution is 2.68. The van der Waals surface area contributed by atoms with Crippen LogP contribution >= 0.6 is 22.6 Å². The second-order valence-electron chi connectivity index (χ2n) is 5.42. The van der Waals surface area contributed by atoms with Gasteiger partial charge in [-0.25, -0.2) is 13.1 Å². The average molecular weight is 385 g/mol. The van der Waals surface area contributed by atoms with Gasteiger partial charge in [-0.2, -0.15) is 0 Å². The maximum Gasteiger partial charge on any atom is 0.318 e. The number of hydrogen-bond donors (Lipinski definition) is 1. The molecule has 1 spiro atoms. The summed E-state index contributed by atoms with van der Waals surface area (Å²) >= 11 is 1.99. The zero-order valence-electron chi connectivity index (χ0n) is 9.50. The van der Waals surface area contributed by atoms with Crippen molar-refractivity contribution >= 4 is 38.6 Å². The van der Waals surface area contributed by atoms with E-state index in [0.717, 1.165) is 0 Å². The first kappa shape index (κ1) is 11.9. The van der Waals surface area contributed by atoms with Gasteiger partial charge in [0.2, 0.25) is 10.0 Å². The lowest BCUT2D eigenvalue weighted by Gasteiger charge is -2.62. The number of rotatable bonds is 2. The van der Waals surface area contributed by atoms with Crippen LogP contribution < -0.4 is 4.72 Å². The molecule has 5 fully saturated rings. The second kappa shape index (κ2) is 3.21.